The van der Waals surface area contributed by atoms with Crippen molar-refractivity contribution in [3.63, 3.8) is 0 Å². The van der Waals surface area contributed by atoms with Crippen molar-refractivity contribution in [1.29, 1.82) is 0 Å². The molecule has 8 nitrogen and oxygen atoms in total. The number of benzene rings is 2. The number of hydrogen-bond acceptors (Lipinski definition) is 6. The molecule has 0 aliphatic rings. The van der Waals surface area contributed by atoms with Gasteiger partial charge in [0.15, 0.2) is 5.65 Å². The minimum Gasteiger partial charge on any atom is -0.497 e. The third kappa shape index (κ3) is 4.61. The van der Waals surface area contributed by atoms with Gasteiger partial charge >= 0.3 is 0 Å². The van der Waals surface area contributed by atoms with E-state index in [9.17, 15) is 4.79 Å². The molecule has 2 aromatic carbocycles. The first kappa shape index (κ1) is 23.0. The molecule has 0 saturated heterocycles. The number of anilines is 1. The molecule has 5 aromatic rings. The minimum absolute atomic E-state index is 0.0831. The Morgan fingerprint density at radius 3 is 2.44 bits per heavy atom. The van der Waals surface area contributed by atoms with Crippen molar-refractivity contribution in [2.45, 2.75) is 19.9 Å². The predicted molar refractivity (Wildman–Crippen MR) is 139 cm³/mol. The fourth-order valence-electron chi connectivity index (χ4n) is 3.85. The van der Waals surface area contributed by atoms with E-state index in [1.807, 2.05) is 48.9 Å². The molecule has 0 unspecified atom stereocenters. The Balaban J connectivity index is 1.51. The van der Waals surface area contributed by atoms with E-state index in [0.717, 1.165) is 11.3 Å². The van der Waals surface area contributed by atoms with Gasteiger partial charge in [-0.25, -0.2) is 14.6 Å². The quantitative estimate of drug-likeness (QED) is 0.302. The first-order valence-corrected chi connectivity index (χ1v) is 11.6. The number of pyridine rings is 2. The number of methoxy groups -OCH3 is 1. The van der Waals surface area contributed by atoms with E-state index < -0.39 is 0 Å². The van der Waals surface area contributed by atoms with E-state index in [1.54, 1.807) is 62.0 Å². The zero-order valence-electron chi connectivity index (χ0n) is 20.2. The molecule has 0 aliphatic carbocycles. The van der Waals surface area contributed by atoms with Gasteiger partial charge in [0.2, 0.25) is 5.88 Å². The standard InChI is InChI=1S/C28H25N5O3/c1-18(2)33-26-23(17-30-33)22(16-25(31-26)19-8-5-4-6-9-19)27(34)32-24-10-7-15-29-28(24)36-21-13-11-20(35-3)12-14-21/h4-18H,1-3H3,(H,32,34). The van der Waals surface area contributed by atoms with Gasteiger partial charge in [-0.15, -0.1) is 0 Å². The Labute approximate surface area is 208 Å². The predicted octanol–water partition coefficient (Wildman–Crippen LogP) is 6.13. The molecule has 36 heavy (non-hydrogen) atoms. The van der Waals surface area contributed by atoms with Crippen LogP contribution in [0.15, 0.2) is 85.2 Å². The van der Waals surface area contributed by atoms with Crippen LogP contribution in [0.5, 0.6) is 17.4 Å². The van der Waals surface area contributed by atoms with Crippen molar-refractivity contribution in [2.75, 3.05) is 12.4 Å². The second-order valence-corrected chi connectivity index (χ2v) is 8.43. The summed E-state index contributed by atoms with van der Waals surface area (Å²) in [7, 11) is 1.60. The molecule has 0 radical (unpaired) electrons. The number of hydrogen-bond donors (Lipinski definition) is 1. The lowest BCUT2D eigenvalue weighted by molar-refractivity contribution is 0.102. The Morgan fingerprint density at radius 2 is 1.72 bits per heavy atom. The van der Waals surface area contributed by atoms with E-state index in [1.165, 1.54) is 0 Å². The topological polar surface area (TPSA) is 91.2 Å². The number of rotatable bonds is 7. The first-order valence-electron chi connectivity index (χ1n) is 11.6. The summed E-state index contributed by atoms with van der Waals surface area (Å²) in [5.74, 6) is 1.26. The summed E-state index contributed by atoms with van der Waals surface area (Å²) >= 11 is 0. The van der Waals surface area contributed by atoms with Crippen LogP contribution in [0.3, 0.4) is 0 Å². The maximum absolute atomic E-state index is 13.6. The summed E-state index contributed by atoms with van der Waals surface area (Å²) in [6.07, 6.45) is 3.30. The van der Waals surface area contributed by atoms with Crippen molar-refractivity contribution < 1.29 is 14.3 Å². The third-order valence-corrected chi connectivity index (χ3v) is 5.66. The molecule has 0 spiro atoms. The molecule has 0 aliphatic heterocycles. The summed E-state index contributed by atoms with van der Waals surface area (Å²) in [6, 6.07) is 22.3. The number of carbonyl (C=O) groups is 1. The molecular formula is C28H25N5O3. The summed E-state index contributed by atoms with van der Waals surface area (Å²) in [4.78, 5) is 22.8. The fourth-order valence-corrected chi connectivity index (χ4v) is 3.85. The molecule has 0 fully saturated rings. The van der Waals surface area contributed by atoms with E-state index in [0.29, 0.717) is 33.7 Å². The van der Waals surface area contributed by atoms with E-state index in [2.05, 4.69) is 15.4 Å². The summed E-state index contributed by atoms with van der Waals surface area (Å²) in [5.41, 5.74) is 3.16. The number of nitrogens with one attached hydrogen (secondary N) is 1. The minimum atomic E-state index is -0.310. The lowest BCUT2D eigenvalue weighted by atomic mass is 10.1. The first-order chi connectivity index (χ1) is 17.5. The third-order valence-electron chi connectivity index (χ3n) is 5.66. The Kier molecular flexibility index (Phi) is 6.32. The molecule has 0 atom stereocenters. The van der Waals surface area contributed by atoms with Crippen LogP contribution >= 0.6 is 0 Å². The van der Waals surface area contributed by atoms with Gasteiger partial charge in [-0.1, -0.05) is 30.3 Å². The van der Waals surface area contributed by atoms with Crippen molar-refractivity contribution in [1.82, 2.24) is 19.7 Å². The van der Waals surface area contributed by atoms with Crippen molar-refractivity contribution in [2.24, 2.45) is 0 Å². The van der Waals surface area contributed by atoms with Gasteiger partial charge in [0.25, 0.3) is 5.91 Å². The van der Waals surface area contributed by atoms with Gasteiger partial charge in [0.1, 0.15) is 17.2 Å². The second kappa shape index (κ2) is 9.87. The zero-order chi connectivity index (χ0) is 25.1. The number of fused-ring (bicyclic) bond motifs is 1. The van der Waals surface area contributed by atoms with Crippen molar-refractivity contribution in [3.8, 4) is 28.6 Å². The van der Waals surface area contributed by atoms with E-state index >= 15 is 0 Å². The highest BCUT2D eigenvalue weighted by atomic mass is 16.5. The molecule has 180 valence electrons. The molecule has 8 heteroatoms. The zero-order valence-corrected chi connectivity index (χ0v) is 20.2. The van der Waals surface area contributed by atoms with Gasteiger partial charge in [0, 0.05) is 17.8 Å². The Morgan fingerprint density at radius 1 is 0.972 bits per heavy atom. The molecule has 1 amide bonds. The van der Waals surface area contributed by atoms with Crippen LogP contribution in [-0.4, -0.2) is 32.8 Å². The number of amides is 1. The van der Waals surface area contributed by atoms with Crippen LogP contribution in [0.4, 0.5) is 5.69 Å². The normalized spacial score (nSPS) is 11.0. The second-order valence-electron chi connectivity index (χ2n) is 8.43. The van der Waals surface area contributed by atoms with Gasteiger partial charge in [-0.3, -0.25) is 4.79 Å². The molecule has 1 N–H and O–H groups in total. The lowest BCUT2D eigenvalue weighted by Crippen LogP contribution is -2.14. The van der Waals surface area contributed by atoms with Crippen LogP contribution in [-0.2, 0) is 0 Å². The van der Waals surface area contributed by atoms with E-state index in [-0.39, 0.29) is 17.8 Å². The summed E-state index contributed by atoms with van der Waals surface area (Å²) in [5, 5.41) is 8.13. The monoisotopic (exact) mass is 479 g/mol. The van der Waals surface area contributed by atoms with Crippen molar-refractivity contribution >= 4 is 22.6 Å². The largest absolute Gasteiger partial charge is 0.497 e. The van der Waals surface area contributed by atoms with Gasteiger partial charge in [0.05, 0.1) is 30.0 Å². The molecular weight excluding hydrogens is 454 g/mol. The molecule has 0 saturated carbocycles. The molecule has 3 aromatic heterocycles. The smallest absolute Gasteiger partial charge is 0.256 e. The van der Waals surface area contributed by atoms with Crippen LogP contribution in [0, 0.1) is 0 Å². The Hall–Kier alpha value is -4.72. The molecule has 3 heterocycles. The maximum atomic E-state index is 13.6. The van der Waals surface area contributed by atoms with Crippen LogP contribution in [0.25, 0.3) is 22.3 Å². The average Bonchev–Trinajstić information content (AvgIpc) is 3.34. The van der Waals surface area contributed by atoms with Crippen LogP contribution in [0.1, 0.15) is 30.2 Å². The van der Waals surface area contributed by atoms with Gasteiger partial charge in [-0.2, -0.15) is 5.10 Å². The van der Waals surface area contributed by atoms with E-state index in [4.69, 9.17) is 14.5 Å². The number of aromatic nitrogens is 4. The highest BCUT2D eigenvalue weighted by molar-refractivity contribution is 6.13. The summed E-state index contributed by atoms with van der Waals surface area (Å²) in [6.45, 7) is 4.06. The number of carbonyl (C=O) groups excluding carboxylic acids is 1. The highest BCUT2D eigenvalue weighted by Gasteiger charge is 2.20. The number of ether oxygens (including phenoxy) is 2. The molecule has 0 bridgehead atoms. The Bertz CT molecular complexity index is 1510. The van der Waals surface area contributed by atoms with Gasteiger partial charge in [-0.05, 0) is 56.3 Å². The lowest BCUT2D eigenvalue weighted by Gasteiger charge is -2.13. The maximum Gasteiger partial charge on any atom is 0.256 e. The molecule has 5 rings (SSSR count). The van der Waals surface area contributed by atoms with Crippen LogP contribution in [0.2, 0.25) is 0 Å². The van der Waals surface area contributed by atoms with Crippen molar-refractivity contribution in [3.05, 3.63) is 90.8 Å². The number of nitrogens with zero attached hydrogens (tertiary/aromatic N) is 4. The summed E-state index contributed by atoms with van der Waals surface area (Å²) < 4.78 is 13.0. The van der Waals surface area contributed by atoms with Gasteiger partial charge < -0.3 is 14.8 Å². The fraction of sp³-hybridized carbons (Fsp3) is 0.143. The van der Waals surface area contributed by atoms with Crippen LogP contribution < -0.4 is 14.8 Å². The highest BCUT2D eigenvalue weighted by Crippen LogP contribution is 2.30. The average molecular weight is 480 g/mol. The SMILES string of the molecule is COc1ccc(Oc2ncccc2NC(=O)c2cc(-c3ccccc3)nc3c2cnn3C(C)C)cc1.